The first-order valence-electron chi connectivity index (χ1n) is 5.09. The second-order valence-corrected chi connectivity index (χ2v) is 3.60. The van der Waals surface area contributed by atoms with E-state index < -0.39 is 0 Å². The Bertz CT molecular complexity index is 265. The van der Waals surface area contributed by atoms with Gasteiger partial charge in [-0.2, -0.15) is 0 Å². The molecule has 0 N–H and O–H groups in total. The van der Waals surface area contributed by atoms with E-state index in [0.29, 0.717) is 5.92 Å². The Balaban J connectivity index is 2.92. The summed E-state index contributed by atoms with van der Waals surface area (Å²) in [4.78, 5) is 0. The summed E-state index contributed by atoms with van der Waals surface area (Å²) in [7, 11) is 1.98. The molecule has 0 radical (unpaired) electrons. The summed E-state index contributed by atoms with van der Waals surface area (Å²) in [6.07, 6.45) is 3.38. The van der Waals surface area contributed by atoms with Crippen LogP contribution in [0.25, 0.3) is 0 Å². The normalized spacial score (nSPS) is 13.2. The zero-order valence-corrected chi connectivity index (χ0v) is 9.04. The van der Waals surface area contributed by atoms with E-state index in [0.717, 1.165) is 19.3 Å². The summed E-state index contributed by atoms with van der Waals surface area (Å²) in [6.45, 7) is 6.59. The van der Waals surface area contributed by atoms with Crippen LogP contribution in [0.3, 0.4) is 0 Å². The van der Waals surface area contributed by atoms with Crippen LogP contribution in [0.2, 0.25) is 0 Å². The zero-order valence-electron chi connectivity index (χ0n) is 9.04. The summed E-state index contributed by atoms with van der Waals surface area (Å²) in [5.74, 6) is 0.537. The minimum atomic E-state index is 0.537. The predicted molar refractivity (Wildman–Crippen MR) is 53.7 cm³/mol. The van der Waals surface area contributed by atoms with Gasteiger partial charge in [-0.25, -0.2) is 0 Å². The quantitative estimate of drug-likeness (QED) is 0.713. The molecule has 3 nitrogen and oxygen atoms in total. The van der Waals surface area contributed by atoms with Crippen molar-refractivity contribution in [2.75, 3.05) is 0 Å². The molecule has 0 aliphatic rings. The Morgan fingerprint density at radius 1 is 1.38 bits per heavy atom. The Kier molecular flexibility index (Phi) is 3.46. The molecule has 1 rings (SSSR count). The second-order valence-electron chi connectivity index (χ2n) is 3.60. The van der Waals surface area contributed by atoms with E-state index in [2.05, 4.69) is 31.1 Å². The molecular weight excluding hydrogens is 162 g/mol. The maximum atomic E-state index is 4.22. The minimum Gasteiger partial charge on any atom is -0.252 e. The number of hydrogen-bond donors (Lipinski definition) is 0. The summed E-state index contributed by atoms with van der Waals surface area (Å²) in [6, 6.07) is 0. The highest BCUT2D eigenvalue weighted by atomic mass is 15.4. The van der Waals surface area contributed by atoms with E-state index in [-0.39, 0.29) is 0 Å². The van der Waals surface area contributed by atoms with Crippen molar-refractivity contribution in [3.05, 3.63) is 11.4 Å². The third-order valence-electron chi connectivity index (χ3n) is 2.54. The molecule has 0 amide bonds. The molecular formula is C10H19N3. The van der Waals surface area contributed by atoms with Gasteiger partial charge in [-0.05, 0) is 12.8 Å². The van der Waals surface area contributed by atoms with Crippen molar-refractivity contribution < 1.29 is 0 Å². The fraction of sp³-hybridized carbons (Fsp3) is 0.800. The molecule has 3 heteroatoms. The average molecular weight is 181 g/mol. The van der Waals surface area contributed by atoms with E-state index >= 15 is 0 Å². The van der Waals surface area contributed by atoms with Gasteiger partial charge >= 0.3 is 0 Å². The van der Waals surface area contributed by atoms with Crippen LogP contribution in [-0.4, -0.2) is 15.0 Å². The van der Waals surface area contributed by atoms with Crippen molar-refractivity contribution >= 4 is 0 Å². The van der Waals surface area contributed by atoms with Crippen LogP contribution in [0, 0.1) is 0 Å². The number of aryl methyl sites for hydroxylation is 1. The summed E-state index contributed by atoms with van der Waals surface area (Å²) >= 11 is 0. The lowest BCUT2D eigenvalue weighted by Gasteiger charge is -2.07. The largest absolute Gasteiger partial charge is 0.252 e. The summed E-state index contributed by atoms with van der Waals surface area (Å²) < 4.78 is 1.91. The molecule has 1 aromatic rings. The van der Waals surface area contributed by atoms with Crippen LogP contribution < -0.4 is 0 Å². The van der Waals surface area contributed by atoms with Gasteiger partial charge in [-0.3, -0.25) is 4.68 Å². The maximum absolute atomic E-state index is 4.22. The van der Waals surface area contributed by atoms with Crippen molar-refractivity contribution in [1.29, 1.82) is 0 Å². The van der Waals surface area contributed by atoms with Crippen LogP contribution in [0.1, 0.15) is 50.9 Å². The molecule has 0 aromatic carbocycles. The summed E-state index contributed by atoms with van der Waals surface area (Å²) in [5, 5.41) is 8.29. The van der Waals surface area contributed by atoms with Gasteiger partial charge < -0.3 is 0 Å². The lowest BCUT2D eigenvalue weighted by Crippen LogP contribution is -2.02. The molecule has 1 heterocycles. The first-order valence-corrected chi connectivity index (χ1v) is 5.09. The topological polar surface area (TPSA) is 30.7 Å². The molecule has 0 fully saturated rings. The average Bonchev–Trinajstić information content (AvgIpc) is 2.48. The monoisotopic (exact) mass is 181 g/mol. The summed E-state index contributed by atoms with van der Waals surface area (Å²) in [5.41, 5.74) is 2.49. The van der Waals surface area contributed by atoms with Gasteiger partial charge in [0.05, 0.1) is 11.4 Å². The minimum absolute atomic E-state index is 0.537. The smallest absolute Gasteiger partial charge is 0.0886 e. The molecule has 1 atom stereocenters. The van der Waals surface area contributed by atoms with Gasteiger partial charge in [0.2, 0.25) is 0 Å². The van der Waals surface area contributed by atoms with E-state index in [1.165, 1.54) is 11.4 Å². The van der Waals surface area contributed by atoms with Crippen molar-refractivity contribution in [3.63, 3.8) is 0 Å². The molecule has 1 unspecified atom stereocenters. The lowest BCUT2D eigenvalue weighted by molar-refractivity contribution is 0.667. The Morgan fingerprint density at radius 2 is 2.08 bits per heavy atom. The lowest BCUT2D eigenvalue weighted by atomic mass is 10.0. The van der Waals surface area contributed by atoms with E-state index in [9.17, 15) is 0 Å². The maximum Gasteiger partial charge on any atom is 0.0886 e. The van der Waals surface area contributed by atoms with Crippen LogP contribution in [0.15, 0.2) is 0 Å². The van der Waals surface area contributed by atoms with Gasteiger partial charge in [0.15, 0.2) is 0 Å². The molecule has 74 valence electrons. The van der Waals surface area contributed by atoms with Crippen molar-refractivity contribution in [1.82, 2.24) is 15.0 Å². The van der Waals surface area contributed by atoms with Crippen molar-refractivity contribution in [3.8, 4) is 0 Å². The van der Waals surface area contributed by atoms with Gasteiger partial charge in [-0.15, -0.1) is 5.10 Å². The fourth-order valence-electron chi connectivity index (χ4n) is 1.50. The number of hydrogen-bond acceptors (Lipinski definition) is 2. The predicted octanol–water partition coefficient (Wildman–Crippen LogP) is 2.28. The molecule has 13 heavy (non-hydrogen) atoms. The van der Waals surface area contributed by atoms with Crippen LogP contribution in [-0.2, 0) is 13.5 Å². The van der Waals surface area contributed by atoms with Gasteiger partial charge in [0.25, 0.3) is 0 Å². The molecule has 0 saturated heterocycles. The van der Waals surface area contributed by atoms with Gasteiger partial charge in [0.1, 0.15) is 0 Å². The van der Waals surface area contributed by atoms with E-state index in [1.807, 2.05) is 11.7 Å². The highest BCUT2D eigenvalue weighted by molar-refractivity contribution is 5.14. The van der Waals surface area contributed by atoms with Crippen molar-refractivity contribution in [2.45, 2.75) is 46.0 Å². The number of rotatable bonds is 4. The highest BCUT2D eigenvalue weighted by Gasteiger charge is 2.14. The van der Waals surface area contributed by atoms with Crippen LogP contribution >= 0.6 is 0 Å². The van der Waals surface area contributed by atoms with Crippen LogP contribution in [0.4, 0.5) is 0 Å². The van der Waals surface area contributed by atoms with Crippen molar-refractivity contribution in [2.24, 2.45) is 7.05 Å². The Morgan fingerprint density at radius 3 is 2.62 bits per heavy atom. The van der Waals surface area contributed by atoms with Gasteiger partial charge in [0, 0.05) is 13.0 Å². The molecule has 0 bridgehead atoms. The van der Waals surface area contributed by atoms with E-state index in [1.54, 1.807) is 0 Å². The third kappa shape index (κ3) is 2.08. The molecule has 0 aliphatic carbocycles. The standard InChI is InChI=1S/C10H19N3/c1-5-7-9-10(8(3)6-2)11-12-13(9)4/h8H,5-7H2,1-4H3. The first-order chi connectivity index (χ1) is 6.20. The molecule has 1 aromatic heterocycles. The molecule has 0 saturated carbocycles. The Hall–Kier alpha value is -0.860. The number of nitrogens with zero attached hydrogens (tertiary/aromatic N) is 3. The SMILES string of the molecule is CCCc1c(C(C)CC)nnn1C. The van der Waals surface area contributed by atoms with Gasteiger partial charge in [-0.1, -0.05) is 32.4 Å². The third-order valence-corrected chi connectivity index (χ3v) is 2.54. The molecule has 0 aliphatic heterocycles. The second kappa shape index (κ2) is 4.40. The van der Waals surface area contributed by atoms with Crippen LogP contribution in [0.5, 0.6) is 0 Å². The number of aromatic nitrogens is 3. The Labute approximate surface area is 80.1 Å². The first kappa shape index (κ1) is 10.2. The zero-order chi connectivity index (χ0) is 9.84. The molecule has 0 spiro atoms. The van der Waals surface area contributed by atoms with E-state index in [4.69, 9.17) is 0 Å². The highest BCUT2D eigenvalue weighted by Crippen LogP contribution is 2.20. The fourth-order valence-corrected chi connectivity index (χ4v) is 1.50.